The van der Waals surface area contributed by atoms with E-state index in [4.69, 9.17) is 5.73 Å². The molecule has 0 aliphatic carbocycles. The molecule has 1 aliphatic rings. The Morgan fingerprint density at radius 3 is 2.94 bits per heavy atom. The van der Waals surface area contributed by atoms with Crippen molar-refractivity contribution in [2.75, 3.05) is 23.8 Å². The van der Waals surface area contributed by atoms with E-state index in [1.807, 2.05) is 0 Å². The fraction of sp³-hybridized carbons (Fsp3) is 0.455. The number of nitrogens with two attached hydrogens (primary N) is 1. The van der Waals surface area contributed by atoms with Crippen molar-refractivity contribution in [1.82, 2.24) is 10.3 Å². The lowest BCUT2D eigenvalue weighted by Gasteiger charge is -2.10. The molecule has 18 heavy (non-hydrogen) atoms. The van der Waals surface area contributed by atoms with Crippen LogP contribution in [0.25, 0.3) is 0 Å². The summed E-state index contributed by atoms with van der Waals surface area (Å²) in [6, 6.07) is 1.55. The Kier molecular flexibility index (Phi) is 3.51. The molecular formula is C11H15N3O3S. The van der Waals surface area contributed by atoms with Crippen LogP contribution in [-0.2, 0) is 9.84 Å². The summed E-state index contributed by atoms with van der Waals surface area (Å²) < 4.78 is 22.5. The maximum absolute atomic E-state index is 11.8. The Labute approximate surface area is 106 Å². The molecule has 0 aromatic carbocycles. The number of hydrogen-bond donors (Lipinski definition) is 2. The lowest BCUT2D eigenvalue weighted by atomic mass is 10.1. The van der Waals surface area contributed by atoms with Crippen LogP contribution in [0.5, 0.6) is 0 Å². The minimum atomic E-state index is -2.90. The van der Waals surface area contributed by atoms with Crippen LogP contribution in [0.2, 0.25) is 0 Å². The van der Waals surface area contributed by atoms with Crippen molar-refractivity contribution in [3.05, 3.63) is 24.0 Å². The van der Waals surface area contributed by atoms with Crippen molar-refractivity contribution >= 4 is 21.4 Å². The summed E-state index contributed by atoms with van der Waals surface area (Å²) in [5.41, 5.74) is 6.33. The number of nitrogens with zero attached hydrogens (tertiary/aromatic N) is 1. The van der Waals surface area contributed by atoms with Gasteiger partial charge in [0.25, 0.3) is 5.91 Å². The molecule has 2 heterocycles. The van der Waals surface area contributed by atoms with Crippen LogP contribution in [0.3, 0.4) is 0 Å². The number of aromatic nitrogens is 1. The second kappa shape index (κ2) is 4.93. The second-order valence-electron chi connectivity index (χ2n) is 4.44. The van der Waals surface area contributed by atoms with E-state index in [-0.39, 0.29) is 23.3 Å². The Bertz CT molecular complexity index is 556. The van der Waals surface area contributed by atoms with E-state index >= 15 is 0 Å². The fourth-order valence-corrected chi connectivity index (χ4v) is 3.82. The zero-order chi connectivity index (χ0) is 13.2. The molecule has 1 aliphatic heterocycles. The molecule has 1 atom stereocenters. The van der Waals surface area contributed by atoms with Crippen LogP contribution in [0.4, 0.5) is 5.69 Å². The first-order chi connectivity index (χ1) is 8.48. The van der Waals surface area contributed by atoms with Crippen molar-refractivity contribution in [3.8, 4) is 0 Å². The van der Waals surface area contributed by atoms with E-state index < -0.39 is 9.84 Å². The number of sulfone groups is 1. The summed E-state index contributed by atoms with van der Waals surface area (Å²) in [6.45, 7) is 0.354. The normalized spacial score (nSPS) is 21.7. The number of amides is 1. The Morgan fingerprint density at radius 1 is 1.56 bits per heavy atom. The third kappa shape index (κ3) is 2.98. The van der Waals surface area contributed by atoms with Gasteiger partial charge in [-0.2, -0.15) is 0 Å². The van der Waals surface area contributed by atoms with Crippen LogP contribution in [-0.4, -0.2) is 37.4 Å². The summed E-state index contributed by atoms with van der Waals surface area (Å²) >= 11 is 0. The van der Waals surface area contributed by atoms with Gasteiger partial charge in [-0.15, -0.1) is 0 Å². The van der Waals surface area contributed by atoms with Crippen molar-refractivity contribution in [2.24, 2.45) is 5.92 Å². The zero-order valence-electron chi connectivity index (χ0n) is 9.80. The topological polar surface area (TPSA) is 102 Å². The van der Waals surface area contributed by atoms with Gasteiger partial charge in [0, 0.05) is 24.6 Å². The molecule has 1 aromatic heterocycles. The zero-order valence-corrected chi connectivity index (χ0v) is 10.6. The van der Waals surface area contributed by atoms with E-state index in [9.17, 15) is 13.2 Å². The van der Waals surface area contributed by atoms with Crippen molar-refractivity contribution < 1.29 is 13.2 Å². The van der Waals surface area contributed by atoms with Crippen LogP contribution >= 0.6 is 0 Å². The van der Waals surface area contributed by atoms with Crippen LogP contribution < -0.4 is 11.1 Å². The first kappa shape index (κ1) is 12.8. The third-order valence-electron chi connectivity index (χ3n) is 2.98. The summed E-state index contributed by atoms with van der Waals surface area (Å²) in [5, 5.41) is 2.70. The molecule has 6 nitrogen and oxygen atoms in total. The Hall–Kier alpha value is -1.63. The van der Waals surface area contributed by atoms with Gasteiger partial charge in [-0.1, -0.05) is 0 Å². The fourth-order valence-electron chi connectivity index (χ4n) is 1.96. The molecule has 1 unspecified atom stereocenters. The first-order valence-electron chi connectivity index (χ1n) is 5.66. The predicted octanol–water partition coefficient (Wildman–Crippen LogP) is -0.172. The molecular weight excluding hydrogens is 254 g/mol. The highest BCUT2D eigenvalue weighted by Crippen LogP contribution is 2.17. The third-order valence-corrected chi connectivity index (χ3v) is 4.81. The summed E-state index contributed by atoms with van der Waals surface area (Å²) in [7, 11) is -2.90. The smallest absolute Gasteiger partial charge is 0.254 e. The van der Waals surface area contributed by atoms with Gasteiger partial charge in [-0.25, -0.2) is 8.42 Å². The number of hydrogen-bond acceptors (Lipinski definition) is 5. The minimum Gasteiger partial charge on any atom is -0.398 e. The van der Waals surface area contributed by atoms with Gasteiger partial charge in [0.15, 0.2) is 9.84 Å². The number of carbonyl (C=O) groups is 1. The van der Waals surface area contributed by atoms with Gasteiger partial charge in [0.2, 0.25) is 0 Å². The number of nitrogen functional groups attached to an aromatic ring is 1. The SMILES string of the molecule is Nc1ccncc1C(=O)NCC1CCS(=O)(=O)C1. The minimum absolute atomic E-state index is 0.00292. The maximum atomic E-state index is 11.8. The van der Waals surface area contributed by atoms with E-state index in [0.29, 0.717) is 24.2 Å². The van der Waals surface area contributed by atoms with Crippen LogP contribution in [0.15, 0.2) is 18.5 Å². The van der Waals surface area contributed by atoms with Crippen molar-refractivity contribution in [2.45, 2.75) is 6.42 Å². The summed E-state index contributed by atoms with van der Waals surface area (Å²) in [4.78, 5) is 15.6. The molecule has 0 saturated carbocycles. The van der Waals surface area contributed by atoms with Crippen molar-refractivity contribution in [1.29, 1.82) is 0 Å². The van der Waals surface area contributed by atoms with E-state index in [0.717, 1.165) is 0 Å². The van der Waals surface area contributed by atoms with Gasteiger partial charge in [-0.05, 0) is 18.4 Å². The molecule has 1 amide bonds. The molecule has 3 N–H and O–H groups in total. The number of nitrogens with one attached hydrogen (secondary N) is 1. The lowest BCUT2D eigenvalue weighted by molar-refractivity contribution is 0.0949. The molecule has 0 radical (unpaired) electrons. The molecule has 0 spiro atoms. The molecule has 0 bridgehead atoms. The second-order valence-corrected chi connectivity index (χ2v) is 6.67. The molecule has 1 fully saturated rings. The lowest BCUT2D eigenvalue weighted by Crippen LogP contribution is -2.30. The molecule has 7 heteroatoms. The Morgan fingerprint density at radius 2 is 2.33 bits per heavy atom. The highest BCUT2D eigenvalue weighted by atomic mass is 32.2. The average Bonchev–Trinajstić information content (AvgIpc) is 2.66. The highest BCUT2D eigenvalue weighted by molar-refractivity contribution is 7.91. The largest absolute Gasteiger partial charge is 0.398 e. The number of carbonyl (C=O) groups excluding carboxylic acids is 1. The Balaban J connectivity index is 1.92. The summed E-state index contributed by atoms with van der Waals surface area (Å²) in [5.74, 6) is 0.0417. The highest BCUT2D eigenvalue weighted by Gasteiger charge is 2.28. The number of anilines is 1. The van der Waals surface area contributed by atoms with E-state index in [1.54, 1.807) is 6.07 Å². The maximum Gasteiger partial charge on any atom is 0.254 e. The van der Waals surface area contributed by atoms with Gasteiger partial charge < -0.3 is 11.1 Å². The van der Waals surface area contributed by atoms with Crippen molar-refractivity contribution in [3.63, 3.8) is 0 Å². The summed E-state index contributed by atoms with van der Waals surface area (Å²) in [6.07, 6.45) is 3.51. The quantitative estimate of drug-likeness (QED) is 0.793. The van der Waals surface area contributed by atoms with Gasteiger partial charge in [0.05, 0.1) is 17.1 Å². The molecule has 2 rings (SSSR count). The average molecular weight is 269 g/mol. The first-order valence-corrected chi connectivity index (χ1v) is 7.48. The predicted molar refractivity (Wildman–Crippen MR) is 67.7 cm³/mol. The van der Waals surface area contributed by atoms with E-state index in [2.05, 4.69) is 10.3 Å². The number of pyridine rings is 1. The van der Waals surface area contributed by atoms with Gasteiger partial charge in [0.1, 0.15) is 0 Å². The van der Waals surface area contributed by atoms with E-state index in [1.165, 1.54) is 12.4 Å². The molecule has 98 valence electrons. The van der Waals surface area contributed by atoms with Gasteiger partial charge in [-0.3, -0.25) is 9.78 Å². The van der Waals surface area contributed by atoms with Crippen LogP contribution in [0.1, 0.15) is 16.8 Å². The monoisotopic (exact) mass is 269 g/mol. The van der Waals surface area contributed by atoms with Gasteiger partial charge >= 0.3 is 0 Å². The molecule has 1 saturated heterocycles. The number of rotatable bonds is 3. The van der Waals surface area contributed by atoms with Crippen LogP contribution in [0, 0.1) is 5.92 Å². The standard InChI is InChI=1S/C11H15N3O3S/c12-10-1-3-13-6-9(10)11(15)14-5-8-2-4-18(16,17)7-8/h1,3,6,8H,2,4-5,7H2,(H2,12,13)(H,14,15). The molecule has 1 aromatic rings.